The second-order valence-electron chi connectivity index (χ2n) is 5.32. The fourth-order valence-electron chi connectivity index (χ4n) is 2.68. The molecule has 3 N–H and O–H groups in total. The van der Waals surface area contributed by atoms with Gasteiger partial charge in [-0.25, -0.2) is 5.43 Å². The summed E-state index contributed by atoms with van der Waals surface area (Å²) in [5.74, 6) is 6.70. The Hall–Kier alpha value is -1.84. The predicted molar refractivity (Wildman–Crippen MR) is 87.3 cm³/mol. The SMILES string of the molecule is CCCc1cccc(C(NN)c2ccc(OC)c(C)c2)c1. The van der Waals surface area contributed by atoms with Gasteiger partial charge in [0.05, 0.1) is 13.2 Å². The Balaban J connectivity index is 2.34. The molecule has 0 aliphatic heterocycles. The molecule has 3 nitrogen and oxygen atoms in total. The van der Waals surface area contributed by atoms with Gasteiger partial charge in [0.1, 0.15) is 5.75 Å². The summed E-state index contributed by atoms with van der Waals surface area (Å²) in [6.07, 6.45) is 2.23. The number of nitrogens with one attached hydrogen (secondary N) is 1. The number of rotatable bonds is 6. The molecule has 2 aromatic carbocycles. The molecular formula is C18H24N2O. The van der Waals surface area contributed by atoms with Gasteiger partial charge >= 0.3 is 0 Å². The molecule has 0 spiro atoms. The Kier molecular flexibility index (Phi) is 5.37. The van der Waals surface area contributed by atoms with Crippen LogP contribution in [0.25, 0.3) is 0 Å². The van der Waals surface area contributed by atoms with Gasteiger partial charge in [0.15, 0.2) is 0 Å². The van der Waals surface area contributed by atoms with Crippen LogP contribution in [-0.2, 0) is 6.42 Å². The van der Waals surface area contributed by atoms with E-state index in [1.54, 1.807) is 7.11 Å². The minimum absolute atomic E-state index is 0.00795. The number of aryl methyl sites for hydroxylation is 2. The summed E-state index contributed by atoms with van der Waals surface area (Å²) in [5, 5.41) is 0. The van der Waals surface area contributed by atoms with Gasteiger partial charge in [-0.2, -0.15) is 0 Å². The molecule has 2 aromatic rings. The number of hydrazine groups is 1. The Morgan fingerprint density at radius 3 is 2.52 bits per heavy atom. The van der Waals surface area contributed by atoms with E-state index in [-0.39, 0.29) is 6.04 Å². The van der Waals surface area contributed by atoms with E-state index in [0.29, 0.717) is 0 Å². The fraction of sp³-hybridized carbons (Fsp3) is 0.333. The van der Waals surface area contributed by atoms with E-state index < -0.39 is 0 Å². The molecule has 0 aliphatic carbocycles. The topological polar surface area (TPSA) is 47.3 Å². The van der Waals surface area contributed by atoms with Gasteiger partial charge in [-0.05, 0) is 41.7 Å². The van der Waals surface area contributed by atoms with Crippen LogP contribution in [0.1, 0.15) is 41.6 Å². The van der Waals surface area contributed by atoms with Gasteiger partial charge in [-0.1, -0.05) is 49.7 Å². The lowest BCUT2D eigenvalue weighted by Crippen LogP contribution is -2.29. The summed E-state index contributed by atoms with van der Waals surface area (Å²) < 4.78 is 5.32. The maximum atomic E-state index is 5.80. The van der Waals surface area contributed by atoms with E-state index in [4.69, 9.17) is 10.6 Å². The van der Waals surface area contributed by atoms with Crippen molar-refractivity contribution in [3.05, 3.63) is 64.7 Å². The molecule has 0 amide bonds. The minimum atomic E-state index is -0.00795. The Morgan fingerprint density at radius 2 is 1.90 bits per heavy atom. The third-order valence-electron chi connectivity index (χ3n) is 3.74. The zero-order chi connectivity index (χ0) is 15.2. The van der Waals surface area contributed by atoms with Crippen molar-refractivity contribution in [2.24, 2.45) is 5.84 Å². The van der Waals surface area contributed by atoms with Crippen LogP contribution in [-0.4, -0.2) is 7.11 Å². The second-order valence-corrected chi connectivity index (χ2v) is 5.32. The van der Waals surface area contributed by atoms with Crippen molar-refractivity contribution < 1.29 is 4.74 Å². The molecule has 0 aliphatic rings. The molecule has 3 heteroatoms. The zero-order valence-electron chi connectivity index (χ0n) is 13.0. The molecule has 1 unspecified atom stereocenters. The molecule has 2 rings (SSSR count). The molecule has 0 saturated heterocycles. The number of benzene rings is 2. The quantitative estimate of drug-likeness (QED) is 0.630. The van der Waals surface area contributed by atoms with Crippen LogP contribution >= 0.6 is 0 Å². The van der Waals surface area contributed by atoms with Crippen LogP contribution in [0.2, 0.25) is 0 Å². The summed E-state index contributed by atoms with van der Waals surface area (Å²) in [6, 6.07) is 14.8. The van der Waals surface area contributed by atoms with Crippen LogP contribution in [0.15, 0.2) is 42.5 Å². The van der Waals surface area contributed by atoms with Crippen molar-refractivity contribution in [2.45, 2.75) is 32.7 Å². The van der Waals surface area contributed by atoms with Crippen molar-refractivity contribution in [3.63, 3.8) is 0 Å². The monoisotopic (exact) mass is 284 g/mol. The van der Waals surface area contributed by atoms with Crippen LogP contribution < -0.4 is 16.0 Å². The summed E-state index contributed by atoms with van der Waals surface area (Å²) in [7, 11) is 1.69. The normalized spacial score (nSPS) is 12.2. The van der Waals surface area contributed by atoms with Crippen LogP contribution in [0, 0.1) is 6.92 Å². The van der Waals surface area contributed by atoms with E-state index in [1.165, 1.54) is 11.1 Å². The van der Waals surface area contributed by atoms with Gasteiger partial charge in [-0.15, -0.1) is 0 Å². The Bertz CT molecular complexity index is 596. The third-order valence-corrected chi connectivity index (χ3v) is 3.74. The Morgan fingerprint density at radius 1 is 1.14 bits per heavy atom. The molecular weight excluding hydrogens is 260 g/mol. The highest BCUT2D eigenvalue weighted by atomic mass is 16.5. The predicted octanol–water partition coefficient (Wildman–Crippen LogP) is 3.51. The van der Waals surface area contributed by atoms with Crippen LogP contribution in [0.5, 0.6) is 5.75 Å². The van der Waals surface area contributed by atoms with E-state index in [0.717, 1.165) is 29.7 Å². The fourth-order valence-corrected chi connectivity index (χ4v) is 2.68. The first-order valence-electron chi connectivity index (χ1n) is 7.39. The summed E-state index contributed by atoms with van der Waals surface area (Å²) >= 11 is 0. The van der Waals surface area contributed by atoms with E-state index in [2.05, 4.69) is 48.7 Å². The average Bonchev–Trinajstić information content (AvgIpc) is 2.49. The van der Waals surface area contributed by atoms with Crippen molar-refractivity contribution >= 4 is 0 Å². The zero-order valence-corrected chi connectivity index (χ0v) is 13.0. The first kappa shape index (κ1) is 15.5. The number of ether oxygens (including phenoxy) is 1. The van der Waals surface area contributed by atoms with Gasteiger partial charge in [-0.3, -0.25) is 5.84 Å². The molecule has 0 fully saturated rings. The largest absolute Gasteiger partial charge is 0.496 e. The summed E-state index contributed by atoms with van der Waals surface area (Å²) in [4.78, 5) is 0. The Labute approximate surface area is 127 Å². The molecule has 112 valence electrons. The molecule has 0 radical (unpaired) electrons. The average molecular weight is 284 g/mol. The molecule has 1 atom stereocenters. The number of hydrogen-bond donors (Lipinski definition) is 2. The van der Waals surface area contributed by atoms with Gasteiger partial charge in [0.2, 0.25) is 0 Å². The maximum absolute atomic E-state index is 5.80. The highest BCUT2D eigenvalue weighted by Crippen LogP contribution is 2.27. The second kappa shape index (κ2) is 7.25. The van der Waals surface area contributed by atoms with E-state index in [9.17, 15) is 0 Å². The van der Waals surface area contributed by atoms with E-state index in [1.807, 2.05) is 13.0 Å². The molecule has 0 bridgehead atoms. The highest BCUT2D eigenvalue weighted by Gasteiger charge is 2.14. The number of hydrogen-bond acceptors (Lipinski definition) is 3. The summed E-state index contributed by atoms with van der Waals surface area (Å²) in [6.45, 7) is 4.24. The highest BCUT2D eigenvalue weighted by molar-refractivity contribution is 5.41. The van der Waals surface area contributed by atoms with E-state index >= 15 is 0 Å². The number of methoxy groups -OCH3 is 1. The van der Waals surface area contributed by atoms with Gasteiger partial charge in [0.25, 0.3) is 0 Å². The first-order valence-corrected chi connectivity index (χ1v) is 7.39. The number of nitrogens with two attached hydrogens (primary N) is 1. The summed E-state index contributed by atoms with van der Waals surface area (Å²) in [5.41, 5.74) is 7.72. The third kappa shape index (κ3) is 3.63. The minimum Gasteiger partial charge on any atom is -0.496 e. The molecule has 0 heterocycles. The first-order chi connectivity index (χ1) is 10.2. The molecule has 0 aromatic heterocycles. The maximum Gasteiger partial charge on any atom is 0.121 e. The van der Waals surface area contributed by atoms with Crippen LogP contribution in [0.4, 0.5) is 0 Å². The van der Waals surface area contributed by atoms with Crippen molar-refractivity contribution in [1.29, 1.82) is 0 Å². The molecule has 0 saturated carbocycles. The van der Waals surface area contributed by atoms with Crippen LogP contribution in [0.3, 0.4) is 0 Å². The van der Waals surface area contributed by atoms with Gasteiger partial charge < -0.3 is 4.74 Å². The van der Waals surface area contributed by atoms with Crippen molar-refractivity contribution in [1.82, 2.24) is 5.43 Å². The van der Waals surface area contributed by atoms with Gasteiger partial charge in [0, 0.05) is 0 Å². The lowest BCUT2D eigenvalue weighted by atomic mass is 9.95. The van der Waals surface area contributed by atoms with Crippen molar-refractivity contribution in [3.8, 4) is 5.75 Å². The lowest BCUT2D eigenvalue weighted by Gasteiger charge is -2.19. The lowest BCUT2D eigenvalue weighted by molar-refractivity contribution is 0.411. The molecule has 21 heavy (non-hydrogen) atoms. The standard InChI is InChI=1S/C18H24N2O/c1-4-6-14-7-5-8-15(12-14)18(20-19)16-9-10-17(21-3)13(2)11-16/h5,7-12,18,20H,4,6,19H2,1-3H3. The van der Waals surface area contributed by atoms with Crippen molar-refractivity contribution in [2.75, 3.05) is 7.11 Å². The smallest absolute Gasteiger partial charge is 0.121 e.